The lowest BCUT2D eigenvalue weighted by atomic mass is 9.97. The highest BCUT2D eigenvalue weighted by Gasteiger charge is 2.33. The Bertz CT molecular complexity index is 666. The summed E-state index contributed by atoms with van der Waals surface area (Å²) < 4.78 is 44.1. The summed E-state index contributed by atoms with van der Waals surface area (Å²) >= 11 is 0. The van der Waals surface area contributed by atoms with Crippen molar-refractivity contribution in [2.24, 2.45) is 0 Å². The fraction of sp³-hybridized carbons (Fsp3) is 0.125. The van der Waals surface area contributed by atoms with Crippen molar-refractivity contribution in [2.75, 3.05) is 7.11 Å². The summed E-state index contributed by atoms with van der Waals surface area (Å²) in [5.74, 6) is 2.87. The summed E-state index contributed by atoms with van der Waals surface area (Å²) in [5.41, 5.74) is 0.237. The van der Waals surface area contributed by atoms with Gasteiger partial charge in [0.15, 0.2) is 0 Å². The molecule has 1 nitrogen and oxygen atoms in total. The van der Waals surface area contributed by atoms with Gasteiger partial charge in [-0.15, -0.1) is 6.42 Å². The second kappa shape index (κ2) is 5.30. The Morgan fingerprint density at radius 2 is 1.80 bits per heavy atom. The van der Waals surface area contributed by atoms with Gasteiger partial charge in [-0.25, -0.2) is 0 Å². The molecule has 4 heteroatoms. The number of rotatable bonds is 2. The summed E-state index contributed by atoms with van der Waals surface area (Å²) in [7, 11) is 1.46. The molecule has 0 fully saturated rings. The summed E-state index contributed by atoms with van der Waals surface area (Å²) in [6, 6.07) is 10.0. The van der Waals surface area contributed by atoms with E-state index < -0.39 is 11.7 Å². The van der Waals surface area contributed by atoms with Gasteiger partial charge in [0.25, 0.3) is 0 Å². The molecule has 20 heavy (non-hydrogen) atoms. The molecule has 0 bridgehead atoms. The molecule has 0 heterocycles. The van der Waals surface area contributed by atoms with E-state index in [1.54, 1.807) is 18.2 Å². The largest absolute Gasteiger partial charge is 0.495 e. The molecule has 0 aliphatic carbocycles. The number of benzene rings is 2. The number of hydrogen-bond acceptors (Lipinski definition) is 1. The fourth-order valence-electron chi connectivity index (χ4n) is 1.97. The highest BCUT2D eigenvalue weighted by molar-refractivity contribution is 5.71. The Morgan fingerprint density at radius 3 is 2.40 bits per heavy atom. The van der Waals surface area contributed by atoms with E-state index in [0.717, 1.165) is 6.07 Å². The first-order valence-corrected chi connectivity index (χ1v) is 5.78. The minimum absolute atomic E-state index is 0.0964. The molecule has 0 aromatic heterocycles. The molecule has 0 amide bonds. The van der Waals surface area contributed by atoms with Crippen LogP contribution in [0.2, 0.25) is 0 Å². The van der Waals surface area contributed by atoms with Crippen molar-refractivity contribution in [3.8, 4) is 29.2 Å². The molecule has 2 aromatic carbocycles. The lowest BCUT2D eigenvalue weighted by Crippen LogP contribution is -2.06. The Labute approximate surface area is 115 Å². The zero-order valence-electron chi connectivity index (χ0n) is 10.7. The van der Waals surface area contributed by atoms with Gasteiger partial charge in [0.05, 0.1) is 18.2 Å². The maximum absolute atomic E-state index is 13.0. The van der Waals surface area contributed by atoms with E-state index >= 15 is 0 Å². The molecule has 0 radical (unpaired) electrons. The lowest BCUT2D eigenvalue weighted by molar-refractivity contribution is -0.137. The van der Waals surface area contributed by atoms with Crippen molar-refractivity contribution in [3.05, 3.63) is 53.6 Å². The van der Waals surface area contributed by atoms with Gasteiger partial charge in [0.2, 0.25) is 0 Å². The Morgan fingerprint density at radius 1 is 1.10 bits per heavy atom. The van der Waals surface area contributed by atoms with Gasteiger partial charge in [0, 0.05) is 0 Å². The first kappa shape index (κ1) is 14.0. The average molecular weight is 276 g/mol. The van der Waals surface area contributed by atoms with Crippen LogP contribution in [0.25, 0.3) is 11.1 Å². The molecular formula is C16H11F3O. The maximum Gasteiger partial charge on any atom is 0.417 e. The molecule has 0 N–H and O–H groups in total. The van der Waals surface area contributed by atoms with Crippen LogP contribution in [-0.4, -0.2) is 7.11 Å². The SMILES string of the molecule is C#Cc1cc(-c2ccccc2C(F)(F)F)ccc1OC. The van der Waals surface area contributed by atoms with Crippen molar-refractivity contribution in [1.82, 2.24) is 0 Å². The monoisotopic (exact) mass is 276 g/mol. The molecule has 102 valence electrons. The molecule has 2 rings (SSSR count). The topological polar surface area (TPSA) is 9.23 Å². The molecule has 0 aliphatic heterocycles. The number of halogens is 3. The summed E-state index contributed by atoms with van der Waals surface area (Å²) in [5, 5.41) is 0. The van der Waals surface area contributed by atoms with E-state index in [4.69, 9.17) is 11.2 Å². The third kappa shape index (κ3) is 2.62. The number of ether oxygens (including phenoxy) is 1. The van der Waals surface area contributed by atoms with Crippen molar-refractivity contribution in [3.63, 3.8) is 0 Å². The van der Waals surface area contributed by atoms with Gasteiger partial charge in [-0.3, -0.25) is 0 Å². The van der Waals surface area contributed by atoms with Crippen molar-refractivity contribution < 1.29 is 17.9 Å². The Kier molecular flexibility index (Phi) is 3.71. The predicted octanol–water partition coefficient (Wildman–Crippen LogP) is 4.36. The first-order chi connectivity index (χ1) is 9.47. The van der Waals surface area contributed by atoms with E-state index in [1.807, 2.05) is 0 Å². The van der Waals surface area contributed by atoms with Gasteiger partial charge in [-0.2, -0.15) is 13.2 Å². The summed E-state index contributed by atoms with van der Waals surface area (Å²) in [6.07, 6.45) is 0.935. The van der Waals surface area contributed by atoms with E-state index in [1.165, 1.54) is 25.3 Å². The third-order valence-electron chi connectivity index (χ3n) is 2.90. The molecule has 0 atom stereocenters. The van der Waals surface area contributed by atoms with E-state index in [-0.39, 0.29) is 5.56 Å². The van der Waals surface area contributed by atoms with E-state index in [0.29, 0.717) is 16.9 Å². The van der Waals surface area contributed by atoms with Crippen LogP contribution < -0.4 is 4.74 Å². The van der Waals surface area contributed by atoms with Crippen LogP contribution in [0.1, 0.15) is 11.1 Å². The van der Waals surface area contributed by atoms with Crippen LogP contribution in [0.3, 0.4) is 0 Å². The smallest absolute Gasteiger partial charge is 0.417 e. The number of alkyl halides is 3. The summed E-state index contributed by atoms with van der Waals surface area (Å²) in [6.45, 7) is 0. The van der Waals surface area contributed by atoms with Gasteiger partial charge in [0.1, 0.15) is 5.75 Å². The maximum atomic E-state index is 13.0. The number of methoxy groups -OCH3 is 1. The Hall–Kier alpha value is -2.41. The van der Waals surface area contributed by atoms with Crippen molar-refractivity contribution >= 4 is 0 Å². The molecule has 2 aromatic rings. The fourth-order valence-corrected chi connectivity index (χ4v) is 1.97. The second-order valence-electron chi connectivity index (χ2n) is 4.10. The van der Waals surface area contributed by atoms with Gasteiger partial charge in [-0.1, -0.05) is 30.2 Å². The highest BCUT2D eigenvalue weighted by Crippen LogP contribution is 2.37. The number of hydrogen-bond donors (Lipinski definition) is 0. The lowest BCUT2D eigenvalue weighted by Gasteiger charge is -2.13. The number of terminal acetylenes is 1. The van der Waals surface area contributed by atoms with Crippen LogP contribution in [-0.2, 0) is 6.18 Å². The molecule has 0 spiro atoms. The molecule has 0 aliphatic rings. The normalized spacial score (nSPS) is 10.9. The molecule has 0 unspecified atom stereocenters. The van der Waals surface area contributed by atoms with Crippen LogP contribution in [0.5, 0.6) is 5.75 Å². The van der Waals surface area contributed by atoms with Crippen molar-refractivity contribution in [1.29, 1.82) is 0 Å². The van der Waals surface area contributed by atoms with Crippen LogP contribution in [0.15, 0.2) is 42.5 Å². The third-order valence-corrected chi connectivity index (χ3v) is 2.90. The van der Waals surface area contributed by atoms with Crippen LogP contribution >= 0.6 is 0 Å². The predicted molar refractivity (Wildman–Crippen MR) is 71.4 cm³/mol. The van der Waals surface area contributed by atoms with Crippen LogP contribution in [0.4, 0.5) is 13.2 Å². The zero-order valence-corrected chi connectivity index (χ0v) is 10.7. The Balaban J connectivity index is 2.62. The van der Waals surface area contributed by atoms with Gasteiger partial charge in [-0.05, 0) is 29.3 Å². The van der Waals surface area contributed by atoms with E-state index in [9.17, 15) is 13.2 Å². The average Bonchev–Trinajstić information content (AvgIpc) is 2.45. The zero-order chi connectivity index (χ0) is 14.8. The van der Waals surface area contributed by atoms with Gasteiger partial charge >= 0.3 is 6.18 Å². The minimum Gasteiger partial charge on any atom is -0.495 e. The molecule has 0 saturated heterocycles. The second-order valence-corrected chi connectivity index (χ2v) is 4.10. The quantitative estimate of drug-likeness (QED) is 0.740. The first-order valence-electron chi connectivity index (χ1n) is 5.78. The standard InChI is InChI=1S/C16H11F3O/c1-3-11-10-12(8-9-15(11)20-2)13-6-4-5-7-14(13)16(17,18)19/h1,4-10H,2H3. The molecule has 0 saturated carbocycles. The van der Waals surface area contributed by atoms with E-state index in [2.05, 4.69) is 5.92 Å². The van der Waals surface area contributed by atoms with Gasteiger partial charge < -0.3 is 4.74 Å². The minimum atomic E-state index is -4.41. The van der Waals surface area contributed by atoms with Crippen LogP contribution in [0, 0.1) is 12.3 Å². The highest BCUT2D eigenvalue weighted by atomic mass is 19.4. The summed E-state index contributed by atoms with van der Waals surface area (Å²) in [4.78, 5) is 0. The van der Waals surface area contributed by atoms with Crippen molar-refractivity contribution in [2.45, 2.75) is 6.18 Å². The molecular weight excluding hydrogens is 265 g/mol.